The molecule has 0 bridgehead atoms. The third-order valence-corrected chi connectivity index (χ3v) is 1.39. The second-order valence-electron chi connectivity index (χ2n) is 2.45. The van der Waals surface area contributed by atoms with Gasteiger partial charge in [-0.25, -0.2) is 0 Å². The van der Waals surface area contributed by atoms with Gasteiger partial charge in [0.25, 0.3) is 7.38 Å². The standard InChI is InChI=1S/C4H10ClO2P/c1-4(2,3)7-8(5)6/h8H,1-3H3. The molecule has 0 saturated carbocycles. The third kappa shape index (κ3) is 6.48. The number of halogens is 1. The highest BCUT2D eigenvalue weighted by atomic mass is 35.7. The Balaban J connectivity index is 3.55. The molecule has 0 aliphatic carbocycles. The first-order valence-corrected chi connectivity index (χ1v) is 4.63. The lowest BCUT2D eigenvalue weighted by atomic mass is 10.2. The molecule has 0 spiro atoms. The van der Waals surface area contributed by atoms with Crippen molar-refractivity contribution in [3.63, 3.8) is 0 Å². The van der Waals surface area contributed by atoms with Gasteiger partial charge < -0.3 is 4.52 Å². The van der Waals surface area contributed by atoms with Crippen molar-refractivity contribution in [3.05, 3.63) is 0 Å². The van der Waals surface area contributed by atoms with Gasteiger partial charge in [0, 0.05) is 0 Å². The molecule has 50 valence electrons. The molecule has 0 fully saturated rings. The molecule has 0 saturated heterocycles. The highest BCUT2D eigenvalue weighted by Crippen LogP contribution is 2.33. The van der Waals surface area contributed by atoms with E-state index in [1.807, 2.05) is 0 Å². The molecule has 0 aromatic rings. The number of rotatable bonds is 1. The molecule has 2 nitrogen and oxygen atoms in total. The molecule has 0 rings (SSSR count). The van der Waals surface area contributed by atoms with Gasteiger partial charge in [-0.3, -0.25) is 4.57 Å². The minimum absolute atomic E-state index is 0.377. The van der Waals surface area contributed by atoms with Crippen LogP contribution in [0.25, 0.3) is 0 Å². The van der Waals surface area contributed by atoms with Crippen molar-refractivity contribution in [1.82, 2.24) is 0 Å². The number of hydrogen-bond donors (Lipinski definition) is 0. The summed E-state index contributed by atoms with van der Waals surface area (Å²) < 4.78 is 14.9. The molecule has 8 heavy (non-hydrogen) atoms. The monoisotopic (exact) mass is 156 g/mol. The van der Waals surface area contributed by atoms with Crippen LogP contribution in [0.3, 0.4) is 0 Å². The maximum atomic E-state index is 10.2. The Bertz CT molecular complexity index is 96.7. The minimum Gasteiger partial charge on any atom is -0.314 e. The van der Waals surface area contributed by atoms with Crippen LogP contribution in [0.2, 0.25) is 0 Å². The molecule has 0 N–H and O–H groups in total. The zero-order valence-corrected chi connectivity index (χ0v) is 6.95. The first-order chi connectivity index (χ1) is 3.42. The molecule has 0 aromatic heterocycles. The second kappa shape index (κ2) is 2.86. The van der Waals surface area contributed by atoms with Crippen LogP contribution in [0.4, 0.5) is 0 Å². The quantitative estimate of drug-likeness (QED) is 0.545. The topological polar surface area (TPSA) is 26.3 Å². The molecule has 1 atom stereocenters. The van der Waals surface area contributed by atoms with E-state index in [2.05, 4.69) is 0 Å². The SMILES string of the molecule is CC(C)(C)O[PH](=O)Cl. The fraction of sp³-hybridized carbons (Fsp3) is 1.00. The summed E-state index contributed by atoms with van der Waals surface area (Å²) in [6.45, 7) is 5.41. The summed E-state index contributed by atoms with van der Waals surface area (Å²) in [6.07, 6.45) is 0. The van der Waals surface area contributed by atoms with Crippen molar-refractivity contribution in [3.8, 4) is 0 Å². The van der Waals surface area contributed by atoms with E-state index >= 15 is 0 Å². The fourth-order valence-electron chi connectivity index (χ4n) is 0.241. The summed E-state index contributed by atoms with van der Waals surface area (Å²) in [5, 5.41) is 0. The maximum absolute atomic E-state index is 10.2. The van der Waals surface area contributed by atoms with Crippen LogP contribution in [0.1, 0.15) is 20.8 Å². The van der Waals surface area contributed by atoms with Crippen molar-refractivity contribution in [2.24, 2.45) is 0 Å². The Morgan fingerprint density at radius 3 is 1.88 bits per heavy atom. The van der Waals surface area contributed by atoms with Crippen molar-refractivity contribution < 1.29 is 9.09 Å². The summed E-state index contributed by atoms with van der Waals surface area (Å²) in [5.74, 6) is 0. The fourth-order valence-corrected chi connectivity index (χ4v) is 1.42. The maximum Gasteiger partial charge on any atom is 0.279 e. The summed E-state index contributed by atoms with van der Waals surface area (Å²) in [6, 6.07) is 0. The lowest BCUT2D eigenvalue weighted by Crippen LogP contribution is -2.13. The van der Waals surface area contributed by atoms with E-state index in [0.717, 1.165) is 0 Å². The molecule has 0 aliphatic heterocycles. The predicted molar refractivity (Wildman–Crippen MR) is 35.7 cm³/mol. The van der Waals surface area contributed by atoms with Crippen molar-refractivity contribution in [2.45, 2.75) is 26.4 Å². The second-order valence-corrected chi connectivity index (χ2v) is 4.06. The molecule has 0 aromatic carbocycles. The van der Waals surface area contributed by atoms with Crippen molar-refractivity contribution >= 4 is 18.6 Å². The van der Waals surface area contributed by atoms with Gasteiger partial charge in [0.15, 0.2) is 0 Å². The molecule has 4 heteroatoms. The van der Waals surface area contributed by atoms with Crippen LogP contribution in [0, 0.1) is 0 Å². The summed E-state index contributed by atoms with van der Waals surface area (Å²) in [7, 11) is -2.27. The first kappa shape index (κ1) is 8.48. The van der Waals surface area contributed by atoms with Gasteiger partial charge in [-0.15, -0.1) is 0 Å². The smallest absolute Gasteiger partial charge is 0.279 e. The van der Waals surface area contributed by atoms with Gasteiger partial charge in [0.2, 0.25) is 0 Å². The summed E-state index contributed by atoms with van der Waals surface area (Å²) in [5.41, 5.74) is -0.377. The van der Waals surface area contributed by atoms with E-state index in [9.17, 15) is 4.57 Å². The lowest BCUT2D eigenvalue weighted by molar-refractivity contribution is 0.148. The Morgan fingerprint density at radius 1 is 1.50 bits per heavy atom. The Morgan fingerprint density at radius 2 is 1.88 bits per heavy atom. The highest BCUT2D eigenvalue weighted by molar-refractivity contribution is 7.69. The van der Waals surface area contributed by atoms with Gasteiger partial charge in [0.05, 0.1) is 5.60 Å². The normalized spacial score (nSPS) is 16.0. The van der Waals surface area contributed by atoms with E-state index in [4.69, 9.17) is 15.8 Å². The first-order valence-electron chi connectivity index (χ1n) is 2.30. The van der Waals surface area contributed by atoms with Crippen molar-refractivity contribution in [1.29, 1.82) is 0 Å². The van der Waals surface area contributed by atoms with Crippen molar-refractivity contribution in [2.75, 3.05) is 0 Å². The third-order valence-electron chi connectivity index (χ3n) is 0.386. The molecule has 0 radical (unpaired) electrons. The molecular weight excluding hydrogens is 146 g/mol. The Kier molecular flexibility index (Phi) is 3.03. The van der Waals surface area contributed by atoms with Crippen LogP contribution >= 0.6 is 18.6 Å². The van der Waals surface area contributed by atoms with Crippen LogP contribution < -0.4 is 0 Å². The zero-order chi connectivity index (χ0) is 6.78. The molecule has 0 heterocycles. The van der Waals surface area contributed by atoms with Crippen LogP contribution in [0.5, 0.6) is 0 Å². The van der Waals surface area contributed by atoms with E-state index in [1.165, 1.54) is 0 Å². The van der Waals surface area contributed by atoms with E-state index in [-0.39, 0.29) is 5.60 Å². The largest absolute Gasteiger partial charge is 0.314 e. The molecular formula is C4H10ClO2P. The van der Waals surface area contributed by atoms with Gasteiger partial charge in [-0.05, 0) is 32.0 Å². The predicted octanol–water partition coefficient (Wildman–Crippen LogP) is 2.43. The summed E-state index contributed by atoms with van der Waals surface area (Å²) in [4.78, 5) is 0. The van der Waals surface area contributed by atoms with Gasteiger partial charge in [-0.2, -0.15) is 0 Å². The minimum atomic E-state index is -2.27. The van der Waals surface area contributed by atoms with Crippen LogP contribution in [-0.2, 0) is 9.09 Å². The average molecular weight is 157 g/mol. The van der Waals surface area contributed by atoms with Crippen LogP contribution in [0.15, 0.2) is 0 Å². The van der Waals surface area contributed by atoms with Gasteiger partial charge >= 0.3 is 0 Å². The lowest BCUT2D eigenvalue weighted by Gasteiger charge is -2.15. The van der Waals surface area contributed by atoms with Crippen LogP contribution in [-0.4, -0.2) is 5.60 Å². The number of hydrogen-bond acceptors (Lipinski definition) is 2. The Hall–Kier alpha value is 0.480. The van der Waals surface area contributed by atoms with E-state index < -0.39 is 7.38 Å². The highest BCUT2D eigenvalue weighted by Gasteiger charge is 2.11. The van der Waals surface area contributed by atoms with Gasteiger partial charge in [-0.1, -0.05) is 0 Å². The van der Waals surface area contributed by atoms with E-state index in [1.54, 1.807) is 20.8 Å². The van der Waals surface area contributed by atoms with E-state index in [0.29, 0.717) is 0 Å². The summed E-state index contributed by atoms with van der Waals surface area (Å²) >= 11 is 5.09. The van der Waals surface area contributed by atoms with Gasteiger partial charge in [0.1, 0.15) is 0 Å². The molecule has 1 unspecified atom stereocenters. The average Bonchev–Trinajstić information content (AvgIpc) is 1.21. The Labute approximate surface area is 54.8 Å². The zero-order valence-electron chi connectivity index (χ0n) is 5.19. The molecule has 0 aliphatic rings. The molecule has 0 amide bonds.